The van der Waals surface area contributed by atoms with Gasteiger partial charge in [0, 0.05) is 25.0 Å². The molecule has 132 valence electrons. The molecule has 6 heteroatoms. The second-order valence-corrected chi connectivity index (χ2v) is 5.53. The van der Waals surface area contributed by atoms with E-state index >= 15 is 0 Å². The SMILES string of the molecule is CCNC(=O)Nc1ccc(C)c(NC(=O)[C@@H](OC)c2ccccc2)c1. The normalized spacial score (nSPS) is 11.5. The van der Waals surface area contributed by atoms with Crippen molar-refractivity contribution in [2.75, 3.05) is 24.3 Å². The molecule has 2 rings (SSSR count). The molecule has 0 aliphatic rings. The van der Waals surface area contributed by atoms with Gasteiger partial charge in [-0.25, -0.2) is 4.79 Å². The van der Waals surface area contributed by atoms with Crippen LogP contribution in [0.2, 0.25) is 0 Å². The van der Waals surface area contributed by atoms with Gasteiger partial charge in [0.25, 0.3) is 5.91 Å². The molecular weight excluding hydrogens is 318 g/mol. The number of carbonyl (C=O) groups excluding carboxylic acids is 2. The van der Waals surface area contributed by atoms with E-state index in [-0.39, 0.29) is 11.9 Å². The van der Waals surface area contributed by atoms with E-state index in [4.69, 9.17) is 4.74 Å². The fourth-order valence-corrected chi connectivity index (χ4v) is 2.39. The van der Waals surface area contributed by atoms with Gasteiger partial charge in [-0.2, -0.15) is 0 Å². The minimum absolute atomic E-state index is 0.271. The van der Waals surface area contributed by atoms with Crippen LogP contribution in [0, 0.1) is 6.92 Å². The average molecular weight is 341 g/mol. The Kier molecular flexibility index (Phi) is 6.54. The predicted molar refractivity (Wildman–Crippen MR) is 98.7 cm³/mol. The third-order valence-electron chi connectivity index (χ3n) is 3.67. The van der Waals surface area contributed by atoms with Crippen molar-refractivity contribution in [1.29, 1.82) is 0 Å². The zero-order chi connectivity index (χ0) is 18.2. The maximum Gasteiger partial charge on any atom is 0.319 e. The van der Waals surface area contributed by atoms with Crippen LogP contribution in [0.3, 0.4) is 0 Å². The van der Waals surface area contributed by atoms with E-state index in [1.54, 1.807) is 12.1 Å². The van der Waals surface area contributed by atoms with Gasteiger partial charge in [-0.3, -0.25) is 4.79 Å². The number of carbonyl (C=O) groups is 2. The Hall–Kier alpha value is -2.86. The number of urea groups is 1. The number of methoxy groups -OCH3 is 1. The Morgan fingerprint density at radius 3 is 2.44 bits per heavy atom. The van der Waals surface area contributed by atoms with Crippen molar-refractivity contribution < 1.29 is 14.3 Å². The summed E-state index contributed by atoms with van der Waals surface area (Å²) in [4.78, 5) is 24.2. The maximum absolute atomic E-state index is 12.6. The van der Waals surface area contributed by atoms with Crippen LogP contribution in [0.15, 0.2) is 48.5 Å². The van der Waals surface area contributed by atoms with Gasteiger partial charge in [0.05, 0.1) is 0 Å². The molecule has 25 heavy (non-hydrogen) atoms. The van der Waals surface area contributed by atoms with Crippen molar-refractivity contribution in [3.05, 3.63) is 59.7 Å². The molecular formula is C19H23N3O3. The highest BCUT2D eigenvalue weighted by atomic mass is 16.5. The Labute approximate surface area is 147 Å². The third-order valence-corrected chi connectivity index (χ3v) is 3.67. The molecule has 0 aliphatic carbocycles. The summed E-state index contributed by atoms with van der Waals surface area (Å²) in [5.41, 5.74) is 2.88. The molecule has 2 aromatic rings. The van der Waals surface area contributed by atoms with E-state index in [0.29, 0.717) is 17.9 Å². The second kappa shape index (κ2) is 8.84. The number of amides is 3. The largest absolute Gasteiger partial charge is 0.367 e. The molecule has 0 aromatic heterocycles. The van der Waals surface area contributed by atoms with Crippen molar-refractivity contribution in [1.82, 2.24) is 5.32 Å². The lowest BCUT2D eigenvalue weighted by molar-refractivity contribution is -0.126. The van der Waals surface area contributed by atoms with Crippen LogP contribution in [0.4, 0.5) is 16.2 Å². The molecule has 1 atom stereocenters. The lowest BCUT2D eigenvalue weighted by atomic mass is 10.1. The van der Waals surface area contributed by atoms with Gasteiger partial charge in [-0.1, -0.05) is 36.4 Å². The molecule has 0 radical (unpaired) electrons. The molecule has 0 aliphatic heterocycles. The minimum Gasteiger partial charge on any atom is -0.367 e. The number of hydrogen-bond acceptors (Lipinski definition) is 3. The number of aryl methyl sites for hydroxylation is 1. The summed E-state index contributed by atoms with van der Waals surface area (Å²) in [7, 11) is 1.50. The summed E-state index contributed by atoms with van der Waals surface area (Å²) in [5.74, 6) is -0.271. The van der Waals surface area contributed by atoms with Gasteiger partial charge in [0.2, 0.25) is 0 Å². The van der Waals surface area contributed by atoms with Crippen LogP contribution in [-0.4, -0.2) is 25.6 Å². The van der Waals surface area contributed by atoms with Crippen LogP contribution in [0.5, 0.6) is 0 Å². The van der Waals surface area contributed by atoms with Crippen molar-refractivity contribution in [2.45, 2.75) is 20.0 Å². The summed E-state index contributed by atoms with van der Waals surface area (Å²) in [6, 6.07) is 14.3. The third kappa shape index (κ3) is 5.06. The number of nitrogens with one attached hydrogen (secondary N) is 3. The molecule has 2 aromatic carbocycles. The molecule has 3 amide bonds. The summed E-state index contributed by atoms with van der Waals surface area (Å²) >= 11 is 0. The Bertz CT molecular complexity index is 732. The quantitative estimate of drug-likeness (QED) is 0.753. The fraction of sp³-hybridized carbons (Fsp3) is 0.263. The average Bonchev–Trinajstić information content (AvgIpc) is 2.59. The van der Waals surface area contributed by atoms with Crippen LogP contribution in [0.1, 0.15) is 24.2 Å². The topological polar surface area (TPSA) is 79.5 Å². The highest BCUT2D eigenvalue weighted by Crippen LogP contribution is 2.23. The number of benzene rings is 2. The first-order valence-corrected chi connectivity index (χ1v) is 8.09. The van der Waals surface area contributed by atoms with E-state index in [1.165, 1.54) is 7.11 Å². The standard InChI is InChI=1S/C19H23N3O3/c1-4-20-19(24)21-15-11-10-13(2)16(12-15)22-18(23)17(25-3)14-8-6-5-7-9-14/h5-12,17H,4H2,1-3H3,(H,22,23)(H2,20,21,24)/t17-/m0/s1. The zero-order valence-corrected chi connectivity index (χ0v) is 14.6. The summed E-state index contributed by atoms with van der Waals surface area (Å²) in [5, 5.41) is 8.26. The molecule has 0 fully saturated rings. The highest BCUT2D eigenvalue weighted by molar-refractivity contribution is 5.97. The molecule has 0 heterocycles. The maximum atomic E-state index is 12.6. The highest BCUT2D eigenvalue weighted by Gasteiger charge is 2.20. The number of hydrogen-bond donors (Lipinski definition) is 3. The summed E-state index contributed by atoms with van der Waals surface area (Å²) in [6.07, 6.45) is -0.708. The summed E-state index contributed by atoms with van der Waals surface area (Å²) in [6.45, 7) is 4.26. The first-order chi connectivity index (χ1) is 12.0. The molecule has 0 unspecified atom stereocenters. The van der Waals surface area contributed by atoms with Gasteiger partial charge in [-0.05, 0) is 37.1 Å². The van der Waals surface area contributed by atoms with Crippen molar-refractivity contribution in [3.8, 4) is 0 Å². The molecule has 0 saturated carbocycles. The Morgan fingerprint density at radius 2 is 1.80 bits per heavy atom. The lowest BCUT2D eigenvalue weighted by Gasteiger charge is -2.17. The van der Waals surface area contributed by atoms with E-state index in [0.717, 1.165) is 11.1 Å². The van der Waals surface area contributed by atoms with Crippen LogP contribution >= 0.6 is 0 Å². The van der Waals surface area contributed by atoms with Crippen molar-refractivity contribution >= 4 is 23.3 Å². The number of ether oxygens (including phenoxy) is 1. The Morgan fingerprint density at radius 1 is 1.08 bits per heavy atom. The van der Waals surface area contributed by atoms with E-state index in [1.807, 2.05) is 50.2 Å². The second-order valence-electron chi connectivity index (χ2n) is 5.53. The summed E-state index contributed by atoms with van der Waals surface area (Å²) < 4.78 is 5.35. The first-order valence-electron chi connectivity index (χ1n) is 8.09. The van der Waals surface area contributed by atoms with Gasteiger partial charge >= 0.3 is 6.03 Å². The molecule has 3 N–H and O–H groups in total. The first kappa shape index (κ1) is 18.5. The minimum atomic E-state index is -0.708. The predicted octanol–water partition coefficient (Wildman–Crippen LogP) is 3.46. The van der Waals surface area contributed by atoms with Gasteiger partial charge < -0.3 is 20.7 Å². The Balaban J connectivity index is 2.15. The van der Waals surface area contributed by atoms with E-state index in [2.05, 4.69) is 16.0 Å². The van der Waals surface area contributed by atoms with Crippen LogP contribution < -0.4 is 16.0 Å². The van der Waals surface area contributed by atoms with Gasteiger partial charge in [0.15, 0.2) is 6.10 Å². The number of anilines is 2. The number of rotatable bonds is 6. The van der Waals surface area contributed by atoms with Gasteiger partial charge in [0.1, 0.15) is 0 Å². The molecule has 0 spiro atoms. The fourth-order valence-electron chi connectivity index (χ4n) is 2.39. The smallest absolute Gasteiger partial charge is 0.319 e. The monoisotopic (exact) mass is 341 g/mol. The van der Waals surface area contributed by atoms with Crippen LogP contribution in [0.25, 0.3) is 0 Å². The lowest BCUT2D eigenvalue weighted by Crippen LogP contribution is -2.28. The van der Waals surface area contributed by atoms with Crippen molar-refractivity contribution in [3.63, 3.8) is 0 Å². The van der Waals surface area contributed by atoms with E-state index < -0.39 is 6.10 Å². The molecule has 6 nitrogen and oxygen atoms in total. The molecule has 0 bridgehead atoms. The van der Waals surface area contributed by atoms with Gasteiger partial charge in [-0.15, -0.1) is 0 Å². The molecule has 0 saturated heterocycles. The van der Waals surface area contributed by atoms with Crippen LogP contribution in [-0.2, 0) is 9.53 Å². The van der Waals surface area contributed by atoms with Crippen molar-refractivity contribution in [2.24, 2.45) is 0 Å². The zero-order valence-electron chi connectivity index (χ0n) is 14.6. The van der Waals surface area contributed by atoms with E-state index in [9.17, 15) is 9.59 Å².